The molecule has 0 unspecified atom stereocenters. The Labute approximate surface area is 207 Å². The Kier molecular flexibility index (Phi) is 8.99. The van der Waals surface area contributed by atoms with Gasteiger partial charge in [-0.25, -0.2) is 4.98 Å². The monoisotopic (exact) mass is 515 g/mol. The van der Waals surface area contributed by atoms with Crippen molar-refractivity contribution in [1.29, 1.82) is 0 Å². The molecule has 1 fully saturated rings. The fourth-order valence-electron chi connectivity index (χ4n) is 3.51. The number of fused-ring (bicyclic) bond motifs is 1. The van der Waals surface area contributed by atoms with Gasteiger partial charge in [-0.3, -0.25) is 14.6 Å². The van der Waals surface area contributed by atoms with Crippen molar-refractivity contribution in [3.05, 3.63) is 52.0 Å². The summed E-state index contributed by atoms with van der Waals surface area (Å²) in [6, 6.07) is 10.7. The highest BCUT2D eigenvalue weighted by Crippen LogP contribution is 2.33. The zero-order valence-corrected chi connectivity index (χ0v) is 20.7. The van der Waals surface area contributed by atoms with E-state index in [4.69, 9.17) is 37.7 Å². The molecular weight excluding hydrogens is 493 g/mol. The number of hydrogen-bond acceptors (Lipinski definition) is 6. The molecule has 0 spiro atoms. The van der Waals surface area contributed by atoms with Crippen LogP contribution in [0.25, 0.3) is 10.2 Å². The summed E-state index contributed by atoms with van der Waals surface area (Å²) in [6.07, 6.45) is 0.816. The van der Waals surface area contributed by atoms with Crippen molar-refractivity contribution in [2.45, 2.75) is 6.42 Å². The molecule has 10 heteroatoms. The van der Waals surface area contributed by atoms with Gasteiger partial charge < -0.3 is 9.47 Å². The topological polar surface area (TPSA) is 54.9 Å². The van der Waals surface area contributed by atoms with E-state index in [0.717, 1.165) is 55.2 Å². The Morgan fingerprint density at radius 3 is 2.72 bits per heavy atom. The Bertz CT molecular complexity index is 1070. The maximum Gasteiger partial charge on any atom is 0.261 e. The van der Waals surface area contributed by atoms with Crippen LogP contribution in [0.3, 0.4) is 0 Å². The maximum absolute atomic E-state index is 13.5. The Morgan fingerprint density at radius 2 is 2.00 bits per heavy atom. The van der Waals surface area contributed by atoms with Crippen LogP contribution in [0.15, 0.2) is 36.4 Å². The highest BCUT2D eigenvalue weighted by atomic mass is 35.5. The van der Waals surface area contributed by atoms with Crippen LogP contribution >= 0.6 is 46.9 Å². The third-order valence-corrected chi connectivity index (χ3v) is 6.79. The first-order chi connectivity index (χ1) is 15.0. The molecule has 172 valence electrons. The minimum atomic E-state index is -0.185. The third-order valence-electron chi connectivity index (χ3n) is 5.18. The lowest BCUT2D eigenvalue weighted by molar-refractivity contribution is 0.0376. The van der Waals surface area contributed by atoms with Gasteiger partial charge in [0.15, 0.2) is 5.13 Å². The minimum absolute atomic E-state index is 0. The number of hydrogen-bond donors (Lipinski definition) is 0. The standard InChI is InChI=1S/C22H23Cl2N3O3S.ClH/c1-29-16-4-6-20-19(14-16)25-22(31-20)27(8-2-7-26-9-11-30-12-10-26)21(28)17-5-3-15(23)13-18(17)24;/h3-6,13-14H,2,7-12H2,1H3;1H. The SMILES string of the molecule is COc1ccc2sc(N(CCCN3CCOCC3)C(=O)c3ccc(Cl)cc3Cl)nc2c1.Cl. The largest absolute Gasteiger partial charge is 0.497 e. The lowest BCUT2D eigenvalue weighted by Crippen LogP contribution is -2.39. The van der Waals surface area contributed by atoms with E-state index in [1.165, 1.54) is 11.3 Å². The Hall–Kier alpha value is -1.61. The van der Waals surface area contributed by atoms with Gasteiger partial charge in [-0.1, -0.05) is 34.5 Å². The summed E-state index contributed by atoms with van der Waals surface area (Å²) in [6.45, 7) is 4.76. The molecule has 0 aliphatic carbocycles. The Morgan fingerprint density at radius 1 is 1.22 bits per heavy atom. The second-order valence-electron chi connectivity index (χ2n) is 7.22. The van der Waals surface area contributed by atoms with Gasteiger partial charge in [-0.15, -0.1) is 12.4 Å². The molecule has 1 aliphatic heterocycles. The molecule has 1 aliphatic rings. The van der Waals surface area contributed by atoms with E-state index in [9.17, 15) is 4.79 Å². The zero-order valence-electron chi connectivity index (χ0n) is 17.6. The summed E-state index contributed by atoms with van der Waals surface area (Å²) in [5.74, 6) is 0.546. The number of anilines is 1. The third kappa shape index (κ3) is 5.84. The van der Waals surface area contributed by atoms with Crippen LogP contribution in [-0.4, -0.2) is 62.3 Å². The highest BCUT2D eigenvalue weighted by molar-refractivity contribution is 7.22. The zero-order chi connectivity index (χ0) is 21.8. The number of rotatable bonds is 7. The molecule has 0 radical (unpaired) electrons. The fourth-order valence-corrected chi connectivity index (χ4v) is 4.97. The number of nitrogens with zero attached hydrogens (tertiary/aromatic N) is 3. The fraction of sp³-hybridized carbons (Fsp3) is 0.364. The van der Waals surface area contributed by atoms with E-state index in [-0.39, 0.29) is 18.3 Å². The first-order valence-corrected chi connectivity index (χ1v) is 11.6. The molecule has 0 atom stereocenters. The summed E-state index contributed by atoms with van der Waals surface area (Å²) in [4.78, 5) is 22.3. The number of methoxy groups -OCH3 is 1. The van der Waals surface area contributed by atoms with Gasteiger partial charge in [0, 0.05) is 37.3 Å². The van der Waals surface area contributed by atoms with Crippen molar-refractivity contribution in [3.8, 4) is 5.75 Å². The molecular formula is C22H24Cl3N3O3S. The second kappa shape index (κ2) is 11.5. The van der Waals surface area contributed by atoms with E-state index < -0.39 is 0 Å². The predicted molar refractivity (Wildman–Crippen MR) is 133 cm³/mol. The van der Waals surface area contributed by atoms with Gasteiger partial charge in [0.1, 0.15) is 5.75 Å². The van der Waals surface area contributed by atoms with Crippen LogP contribution in [0.2, 0.25) is 10.0 Å². The summed E-state index contributed by atoms with van der Waals surface area (Å²) >= 11 is 13.8. The smallest absolute Gasteiger partial charge is 0.261 e. The summed E-state index contributed by atoms with van der Waals surface area (Å²) in [7, 11) is 1.62. The van der Waals surface area contributed by atoms with E-state index in [1.807, 2.05) is 18.2 Å². The molecule has 1 saturated heterocycles. The lowest BCUT2D eigenvalue weighted by Gasteiger charge is -2.27. The summed E-state index contributed by atoms with van der Waals surface area (Å²) in [5, 5.41) is 1.47. The molecule has 2 heterocycles. The Balaban J connectivity index is 0.00000289. The number of thiazole rings is 1. The van der Waals surface area contributed by atoms with Crippen molar-refractivity contribution in [2.75, 3.05) is 51.4 Å². The van der Waals surface area contributed by atoms with Crippen molar-refractivity contribution in [2.24, 2.45) is 0 Å². The van der Waals surface area contributed by atoms with Gasteiger partial charge in [0.2, 0.25) is 0 Å². The second-order valence-corrected chi connectivity index (χ2v) is 9.07. The maximum atomic E-state index is 13.5. The number of amides is 1. The quantitative estimate of drug-likeness (QED) is 0.421. The molecule has 0 N–H and O–H groups in total. The normalized spacial score (nSPS) is 14.2. The average molecular weight is 517 g/mol. The van der Waals surface area contributed by atoms with E-state index >= 15 is 0 Å². The number of halogens is 3. The number of morpholine rings is 1. The van der Waals surface area contributed by atoms with Crippen LogP contribution < -0.4 is 9.64 Å². The van der Waals surface area contributed by atoms with Crippen molar-refractivity contribution in [1.82, 2.24) is 9.88 Å². The number of ether oxygens (including phenoxy) is 2. The minimum Gasteiger partial charge on any atom is -0.497 e. The highest BCUT2D eigenvalue weighted by Gasteiger charge is 2.24. The van der Waals surface area contributed by atoms with Gasteiger partial charge in [0.25, 0.3) is 5.91 Å². The van der Waals surface area contributed by atoms with Crippen molar-refractivity contribution < 1.29 is 14.3 Å². The van der Waals surface area contributed by atoms with Crippen LogP contribution in [0.5, 0.6) is 5.75 Å². The predicted octanol–water partition coefficient (Wildman–Crippen LogP) is 5.40. The van der Waals surface area contributed by atoms with Crippen molar-refractivity contribution in [3.63, 3.8) is 0 Å². The van der Waals surface area contributed by atoms with Gasteiger partial charge in [-0.05, 0) is 36.8 Å². The molecule has 2 aromatic carbocycles. The molecule has 4 rings (SSSR count). The molecule has 3 aromatic rings. The van der Waals surface area contributed by atoms with Gasteiger partial charge >= 0.3 is 0 Å². The first-order valence-electron chi connectivity index (χ1n) is 10.1. The molecule has 1 aromatic heterocycles. The molecule has 0 saturated carbocycles. The number of aromatic nitrogens is 1. The molecule has 6 nitrogen and oxygen atoms in total. The number of benzene rings is 2. The van der Waals surface area contributed by atoms with E-state index in [1.54, 1.807) is 30.2 Å². The number of carbonyl (C=O) groups is 1. The first kappa shape index (κ1) is 25.0. The van der Waals surface area contributed by atoms with E-state index in [2.05, 4.69) is 4.90 Å². The van der Waals surface area contributed by atoms with Crippen LogP contribution in [0.4, 0.5) is 5.13 Å². The summed E-state index contributed by atoms with van der Waals surface area (Å²) < 4.78 is 11.7. The molecule has 0 bridgehead atoms. The molecule has 1 amide bonds. The van der Waals surface area contributed by atoms with Gasteiger partial charge in [0.05, 0.1) is 41.1 Å². The van der Waals surface area contributed by atoms with Crippen LogP contribution in [-0.2, 0) is 4.74 Å². The average Bonchev–Trinajstić information content (AvgIpc) is 3.20. The lowest BCUT2D eigenvalue weighted by atomic mass is 10.2. The van der Waals surface area contributed by atoms with E-state index in [0.29, 0.717) is 27.3 Å². The van der Waals surface area contributed by atoms with Crippen molar-refractivity contribution >= 4 is 68.2 Å². The number of carbonyl (C=O) groups excluding carboxylic acids is 1. The van der Waals surface area contributed by atoms with Crippen LogP contribution in [0.1, 0.15) is 16.8 Å². The molecule has 32 heavy (non-hydrogen) atoms. The van der Waals surface area contributed by atoms with Gasteiger partial charge in [-0.2, -0.15) is 0 Å². The van der Waals surface area contributed by atoms with Crippen LogP contribution in [0, 0.1) is 0 Å². The summed E-state index contributed by atoms with van der Waals surface area (Å²) in [5.41, 5.74) is 1.21.